The normalized spacial score (nSPS) is 18.2. The van der Waals surface area contributed by atoms with E-state index in [0.717, 1.165) is 19.4 Å². The second-order valence-corrected chi connectivity index (χ2v) is 3.70. The third-order valence-electron chi connectivity index (χ3n) is 2.81. The van der Waals surface area contributed by atoms with Crippen LogP contribution in [-0.2, 0) is 9.47 Å². The highest BCUT2D eigenvalue weighted by molar-refractivity contribution is 4.87. The van der Waals surface area contributed by atoms with Gasteiger partial charge in [0.15, 0.2) is 0 Å². The highest BCUT2D eigenvalue weighted by atomic mass is 16.5. The molecule has 0 saturated heterocycles. The van der Waals surface area contributed by atoms with Crippen LogP contribution in [-0.4, -0.2) is 33.0 Å². The zero-order chi connectivity index (χ0) is 10.3. The van der Waals surface area contributed by atoms with Crippen molar-refractivity contribution in [2.45, 2.75) is 32.2 Å². The summed E-state index contributed by atoms with van der Waals surface area (Å²) in [5, 5.41) is 0. The van der Waals surface area contributed by atoms with Crippen molar-refractivity contribution in [1.82, 2.24) is 0 Å². The zero-order valence-electron chi connectivity index (χ0n) is 9.30. The van der Waals surface area contributed by atoms with Gasteiger partial charge in [0.05, 0.1) is 6.61 Å². The summed E-state index contributed by atoms with van der Waals surface area (Å²) in [7, 11) is 3.41. The molecule has 0 radical (unpaired) electrons. The van der Waals surface area contributed by atoms with Crippen molar-refractivity contribution >= 4 is 0 Å². The maximum Gasteiger partial charge on any atom is 0.0644 e. The Balaban J connectivity index is 4.03. The molecular formula is C10H23NO2. The second kappa shape index (κ2) is 6.35. The minimum atomic E-state index is -0.201. The largest absolute Gasteiger partial charge is 0.385 e. The van der Waals surface area contributed by atoms with Crippen LogP contribution in [0.3, 0.4) is 0 Å². The fraction of sp³-hybridized carbons (Fsp3) is 1.00. The van der Waals surface area contributed by atoms with Crippen LogP contribution in [0.15, 0.2) is 0 Å². The predicted molar refractivity (Wildman–Crippen MR) is 54.7 cm³/mol. The van der Waals surface area contributed by atoms with Crippen LogP contribution in [0.4, 0.5) is 0 Å². The van der Waals surface area contributed by atoms with Crippen molar-refractivity contribution in [3.63, 3.8) is 0 Å². The van der Waals surface area contributed by atoms with Crippen molar-refractivity contribution in [2.24, 2.45) is 11.7 Å². The van der Waals surface area contributed by atoms with E-state index in [2.05, 4.69) is 13.8 Å². The van der Waals surface area contributed by atoms with Crippen molar-refractivity contribution in [3.05, 3.63) is 0 Å². The van der Waals surface area contributed by atoms with Crippen molar-refractivity contribution in [1.29, 1.82) is 0 Å². The van der Waals surface area contributed by atoms with Gasteiger partial charge in [-0.3, -0.25) is 0 Å². The van der Waals surface area contributed by atoms with E-state index in [0.29, 0.717) is 12.5 Å². The molecule has 0 heterocycles. The van der Waals surface area contributed by atoms with Gasteiger partial charge in [-0.25, -0.2) is 0 Å². The fourth-order valence-corrected chi connectivity index (χ4v) is 1.44. The molecule has 2 unspecified atom stereocenters. The summed E-state index contributed by atoms with van der Waals surface area (Å²) in [5.74, 6) is 0.428. The van der Waals surface area contributed by atoms with E-state index >= 15 is 0 Å². The van der Waals surface area contributed by atoms with E-state index in [-0.39, 0.29) is 5.54 Å². The molecular weight excluding hydrogens is 166 g/mol. The Labute approximate surface area is 81.6 Å². The molecule has 2 N–H and O–H groups in total. The predicted octanol–water partition coefficient (Wildman–Crippen LogP) is 1.41. The van der Waals surface area contributed by atoms with Gasteiger partial charge < -0.3 is 15.2 Å². The quantitative estimate of drug-likeness (QED) is 0.658. The summed E-state index contributed by atoms with van der Waals surface area (Å²) in [4.78, 5) is 0. The van der Waals surface area contributed by atoms with Crippen molar-refractivity contribution < 1.29 is 9.47 Å². The highest BCUT2D eigenvalue weighted by Crippen LogP contribution is 2.21. The number of ether oxygens (including phenoxy) is 2. The standard InChI is InChI=1S/C10H23NO2/c1-5-10(11,8-13-4)9(2)6-7-12-3/h9H,5-8,11H2,1-4H3. The van der Waals surface area contributed by atoms with E-state index in [1.807, 2.05) is 0 Å². The Morgan fingerprint density at radius 1 is 1.31 bits per heavy atom. The van der Waals surface area contributed by atoms with E-state index in [4.69, 9.17) is 15.2 Å². The molecule has 0 saturated carbocycles. The molecule has 0 aliphatic heterocycles. The lowest BCUT2D eigenvalue weighted by molar-refractivity contribution is 0.0797. The smallest absolute Gasteiger partial charge is 0.0644 e. The minimum Gasteiger partial charge on any atom is -0.385 e. The van der Waals surface area contributed by atoms with Crippen molar-refractivity contribution in [3.8, 4) is 0 Å². The third kappa shape index (κ3) is 4.07. The van der Waals surface area contributed by atoms with E-state index in [9.17, 15) is 0 Å². The summed E-state index contributed by atoms with van der Waals surface area (Å²) in [6.07, 6.45) is 1.93. The summed E-state index contributed by atoms with van der Waals surface area (Å²) in [6.45, 7) is 5.64. The van der Waals surface area contributed by atoms with Gasteiger partial charge in [0, 0.05) is 26.4 Å². The molecule has 0 aromatic heterocycles. The Morgan fingerprint density at radius 3 is 2.31 bits per heavy atom. The molecule has 13 heavy (non-hydrogen) atoms. The van der Waals surface area contributed by atoms with Crippen LogP contribution in [0.1, 0.15) is 26.7 Å². The molecule has 0 aliphatic carbocycles. The fourth-order valence-electron chi connectivity index (χ4n) is 1.44. The Kier molecular flexibility index (Phi) is 6.29. The SMILES string of the molecule is CCC(N)(COC)C(C)CCOC. The minimum absolute atomic E-state index is 0.201. The van der Waals surface area contributed by atoms with Gasteiger partial charge in [-0.2, -0.15) is 0 Å². The summed E-state index contributed by atoms with van der Waals surface area (Å²) in [6, 6.07) is 0. The molecule has 0 amide bonds. The van der Waals surface area contributed by atoms with Crippen LogP contribution in [0, 0.1) is 5.92 Å². The van der Waals surface area contributed by atoms with Gasteiger partial charge in [0.1, 0.15) is 0 Å². The zero-order valence-corrected chi connectivity index (χ0v) is 9.30. The summed E-state index contributed by atoms with van der Waals surface area (Å²) < 4.78 is 10.2. The molecule has 0 spiro atoms. The third-order valence-corrected chi connectivity index (χ3v) is 2.81. The van der Waals surface area contributed by atoms with Crippen LogP contribution in [0.5, 0.6) is 0 Å². The van der Waals surface area contributed by atoms with Gasteiger partial charge in [0.25, 0.3) is 0 Å². The topological polar surface area (TPSA) is 44.5 Å². The Bertz CT molecular complexity index is 130. The molecule has 0 aromatic carbocycles. The lowest BCUT2D eigenvalue weighted by Gasteiger charge is -2.33. The van der Waals surface area contributed by atoms with Crippen LogP contribution in [0.2, 0.25) is 0 Å². The van der Waals surface area contributed by atoms with E-state index in [1.165, 1.54) is 0 Å². The number of nitrogens with two attached hydrogens (primary N) is 1. The first-order valence-electron chi connectivity index (χ1n) is 4.87. The highest BCUT2D eigenvalue weighted by Gasteiger charge is 2.29. The molecule has 0 rings (SSSR count). The average molecular weight is 189 g/mol. The maximum atomic E-state index is 6.21. The first-order valence-corrected chi connectivity index (χ1v) is 4.87. The van der Waals surface area contributed by atoms with Crippen LogP contribution in [0.25, 0.3) is 0 Å². The lowest BCUT2D eigenvalue weighted by atomic mass is 9.82. The Hall–Kier alpha value is -0.120. The molecule has 0 aliphatic rings. The van der Waals surface area contributed by atoms with Gasteiger partial charge in [-0.05, 0) is 18.8 Å². The summed E-state index contributed by atoms with van der Waals surface area (Å²) >= 11 is 0. The van der Waals surface area contributed by atoms with Crippen LogP contribution >= 0.6 is 0 Å². The average Bonchev–Trinajstić information content (AvgIpc) is 2.14. The van der Waals surface area contributed by atoms with Gasteiger partial charge in [-0.15, -0.1) is 0 Å². The van der Waals surface area contributed by atoms with E-state index < -0.39 is 0 Å². The van der Waals surface area contributed by atoms with Gasteiger partial charge >= 0.3 is 0 Å². The molecule has 0 fully saturated rings. The number of hydrogen-bond donors (Lipinski definition) is 1. The molecule has 2 atom stereocenters. The van der Waals surface area contributed by atoms with Gasteiger partial charge in [-0.1, -0.05) is 13.8 Å². The monoisotopic (exact) mass is 189 g/mol. The molecule has 80 valence electrons. The molecule has 3 heteroatoms. The molecule has 0 aromatic rings. The molecule has 3 nitrogen and oxygen atoms in total. The Morgan fingerprint density at radius 2 is 1.92 bits per heavy atom. The summed E-state index contributed by atoms with van der Waals surface area (Å²) in [5.41, 5.74) is 6.01. The molecule has 0 bridgehead atoms. The van der Waals surface area contributed by atoms with Crippen LogP contribution < -0.4 is 5.73 Å². The van der Waals surface area contributed by atoms with Gasteiger partial charge in [0.2, 0.25) is 0 Å². The number of hydrogen-bond acceptors (Lipinski definition) is 3. The first kappa shape index (κ1) is 12.9. The van der Waals surface area contributed by atoms with E-state index in [1.54, 1.807) is 14.2 Å². The van der Waals surface area contributed by atoms with Crippen molar-refractivity contribution in [2.75, 3.05) is 27.4 Å². The second-order valence-electron chi connectivity index (χ2n) is 3.70. The number of rotatable bonds is 7. The first-order chi connectivity index (χ1) is 6.10. The lowest BCUT2D eigenvalue weighted by Crippen LogP contribution is -2.49. The maximum absolute atomic E-state index is 6.21. The number of methoxy groups -OCH3 is 2.